The first-order valence-corrected chi connectivity index (χ1v) is 8.94. The molecule has 0 aliphatic carbocycles. The number of rotatable bonds is 6. The minimum Gasteiger partial charge on any atom is -0.493 e. The predicted molar refractivity (Wildman–Crippen MR) is 110 cm³/mol. The second-order valence-corrected chi connectivity index (χ2v) is 6.55. The van der Waals surface area contributed by atoms with E-state index in [0.717, 1.165) is 10.1 Å². The van der Waals surface area contributed by atoms with E-state index >= 15 is 0 Å². The molecule has 3 aromatic rings. The number of nitrogens with one attached hydrogen (secondary N) is 1. The first kappa shape index (κ1) is 20.8. The summed E-state index contributed by atoms with van der Waals surface area (Å²) in [6.07, 6.45) is 1.34. The molecule has 0 atom stereocenters. The van der Waals surface area contributed by atoms with Gasteiger partial charge < -0.3 is 14.0 Å². The molecule has 0 spiro atoms. The first-order chi connectivity index (χ1) is 14.3. The quantitative estimate of drug-likeness (QED) is 0.447. The van der Waals surface area contributed by atoms with Gasteiger partial charge in [0.1, 0.15) is 6.54 Å². The Morgan fingerprint density at radius 2 is 1.83 bits per heavy atom. The highest BCUT2D eigenvalue weighted by Crippen LogP contribution is 2.27. The Bertz CT molecular complexity index is 1270. The van der Waals surface area contributed by atoms with Crippen LogP contribution in [0.1, 0.15) is 12.5 Å². The maximum atomic E-state index is 12.4. The number of aromatic nitrogens is 4. The Balaban J connectivity index is 1.81. The van der Waals surface area contributed by atoms with Gasteiger partial charge in [-0.25, -0.2) is 15.2 Å². The van der Waals surface area contributed by atoms with E-state index in [-0.39, 0.29) is 17.7 Å². The summed E-state index contributed by atoms with van der Waals surface area (Å²) in [5, 5.41) is 4.11. The van der Waals surface area contributed by atoms with Gasteiger partial charge in [-0.1, -0.05) is 0 Å². The van der Waals surface area contributed by atoms with Crippen LogP contribution in [0, 0.1) is 0 Å². The summed E-state index contributed by atoms with van der Waals surface area (Å²) in [5.41, 5.74) is 3.11. The van der Waals surface area contributed by atoms with Gasteiger partial charge in [-0.15, -0.1) is 0 Å². The monoisotopic (exact) mass is 414 g/mol. The second kappa shape index (κ2) is 8.23. The molecule has 0 aliphatic rings. The highest BCUT2D eigenvalue weighted by atomic mass is 16.5. The summed E-state index contributed by atoms with van der Waals surface area (Å²) in [7, 11) is 5.96. The Labute approximate surface area is 171 Å². The number of aryl methyl sites for hydroxylation is 1. The molecule has 0 radical (unpaired) electrons. The van der Waals surface area contributed by atoms with Crippen molar-refractivity contribution in [3.05, 3.63) is 50.9 Å². The van der Waals surface area contributed by atoms with Crippen molar-refractivity contribution in [2.45, 2.75) is 13.5 Å². The number of carbonyl (C=O) groups is 1. The molecule has 3 rings (SSSR count). The summed E-state index contributed by atoms with van der Waals surface area (Å²) in [6, 6.07) is 5.28. The number of methoxy groups -OCH3 is 2. The van der Waals surface area contributed by atoms with E-state index in [1.165, 1.54) is 36.7 Å². The summed E-state index contributed by atoms with van der Waals surface area (Å²) < 4.78 is 14.1. The fourth-order valence-electron chi connectivity index (χ4n) is 2.98. The van der Waals surface area contributed by atoms with Gasteiger partial charge in [0.05, 0.1) is 26.3 Å². The molecule has 2 heterocycles. The maximum Gasteiger partial charge on any atom is 0.332 e. The van der Waals surface area contributed by atoms with E-state index < -0.39 is 17.2 Å². The van der Waals surface area contributed by atoms with Crippen molar-refractivity contribution in [2.24, 2.45) is 19.2 Å². The lowest BCUT2D eigenvalue weighted by Crippen LogP contribution is -2.38. The summed E-state index contributed by atoms with van der Waals surface area (Å²) >= 11 is 0. The number of carbonyl (C=O) groups excluding carboxylic acids is 1. The number of benzene rings is 1. The van der Waals surface area contributed by atoms with Crippen LogP contribution in [0.3, 0.4) is 0 Å². The standard InChI is InChI=1S/C19H22N6O5/c1-11(12-6-7-13(29-4)14(8-12)30-5)21-22-15(26)9-25-10-20-17-16(25)18(27)24(3)19(28)23(17)2/h6-8,10H,9H2,1-5H3,(H,22,26)/b21-11+. The molecule has 1 amide bonds. The zero-order valence-corrected chi connectivity index (χ0v) is 17.3. The number of ether oxygens (including phenoxy) is 2. The average Bonchev–Trinajstić information content (AvgIpc) is 3.17. The zero-order chi connectivity index (χ0) is 22.0. The van der Waals surface area contributed by atoms with E-state index in [1.54, 1.807) is 32.2 Å². The number of imidazole rings is 1. The lowest BCUT2D eigenvalue weighted by atomic mass is 10.1. The minimum atomic E-state index is -0.525. The minimum absolute atomic E-state index is 0.162. The Morgan fingerprint density at radius 3 is 2.50 bits per heavy atom. The fourth-order valence-corrected chi connectivity index (χ4v) is 2.98. The molecule has 0 fully saturated rings. The second-order valence-electron chi connectivity index (χ2n) is 6.55. The predicted octanol–water partition coefficient (Wildman–Crippen LogP) is -0.00870. The van der Waals surface area contributed by atoms with Crippen LogP contribution < -0.4 is 26.1 Å². The Morgan fingerprint density at radius 1 is 1.13 bits per heavy atom. The number of amides is 1. The number of hydrazone groups is 1. The topological polar surface area (TPSA) is 122 Å². The summed E-state index contributed by atoms with van der Waals surface area (Å²) in [5.74, 6) is 0.674. The maximum absolute atomic E-state index is 12.4. The molecule has 11 nitrogen and oxygen atoms in total. The van der Waals surface area contributed by atoms with E-state index in [9.17, 15) is 14.4 Å². The fraction of sp³-hybridized carbons (Fsp3) is 0.316. The third-order valence-electron chi connectivity index (χ3n) is 4.68. The van der Waals surface area contributed by atoms with Gasteiger partial charge in [0.15, 0.2) is 22.7 Å². The third-order valence-corrected chi connectivity index (χ3v) is 4.68. The largest absolute Gasteiger partial charge is 0.493 e. The van der Waals surface area contributed by atoms with Crippen LogP contribution in [0.25, 0.3) is 11.2 Å². The van der Waals surface area contributed by atoms with Crippen LogP contribution in [0.4, 0.5) is 0 Å². The van der Waals surface area contributed by atoms with Crippen molar-refractivity contribution in [3.8, 4) is 11.5 Å². The molecule has 1 N–H and O–H groups in total. The number of hydrogen-bond donors (Lipinski definition) is 1. The molecule has 158 valence electrons. The highest BCUT2D eigenvalue weighted by Gasteiger charge is 2.16. The Kier molecular flexibility index (Phi) is 5.72. The smallest absolute Gasteiger partial charge is 0.332 e. The average molecular weight is 414 g/mol. The zero-order valence-electron chi connectivity index (χ0n) is 17.3. The molecule has 1 aromatic carbocycles. The first-order valence-electron chi connectivity index (χ1n) is 8.94. The summed E-state index contributed by atoms with van der Waals surface area (Å²) in [6.45, 7) is 1.55. The van der Waals surface area contributed by atoms with Crippen LogP contribution in [0.2, 0.25) is 0 Å². The van der Waals surface area contributed by atoms with Crippen LogP contribution in [-0.2, 0) is 25.4 Å². The van der Waals surface area contributed by atoms with Gasteiger partial charge in [-0.05, 0) is 25.1 Å². The number of nitrogens with zero attached hydrogens (tertiary/aromatic N) is 5. The van der Waals surface area contributed by atoms with Crippen LogP contribution in [0.5, 0.6) is 11.5 Å². The van der Waals surface area contributed by atoms with Gasteiger partial charge in [-0.3, -0.25) is 18.7 Å². The van der Waals surface area contributed by atoms with E-state index in [0.29, 0.717) is 17.2 Å². The van der Waals surface area contributed by atoms with Crippen LogP contribution in [0.15, 0.2) is 39.2 Å². The van der Waals surface area contributed by atoms with Crippen molar-refractivity contribution in [1.82, 2.24) is 24.1 Å². The molecule has 0 unspecified atom stereocenters. The number of hydrogen-bond acceptors (Lipinski definition) is 7. The molecule has 0 saturated heterocycles. The Hall–Kier alpha value is -3.89. The van der Waals surface area contributed by atoms with Gasteiger partial charge >= 0.3 is 5.69 Å². The van der Waals surface area contributed by atoms with Crippen LogP contribution >= 0.6 is 0 Å². The number of fused-ring (bicyclic) bond motifs is 1. The summed E-state index contributed by atoms with van der Waals surface area (Å²) in [4.78, 5) is 40.9. The molecular formula is C19H22N6O5. The molecule has 0 saturated carbocycles. The van der Waals surface area contributed by atoms with E-state index in [1.807, 2.05) is 0 Å². The van der Waals surface area contributed by atoms with Crippen molar-refractivity contribution in [3.63, 3.8) is 0 Å². The van der Waals surface area contributed by atoms with Gasteiger partial charge in [0.25, 0.3) is 11.5 Å². The molecular weight excluding hydrogens is 392 g/mol. The van der Waals surface area contributed by atoms with E-state index in [4.69, 9.17) is 9.47 Å². The highest BCUT2D eigenvalue weighted by molar-refractivity contribution is 5.99. The third kappa shape index (κ3) is 3.69. The van der Waals surface area contributed by atoms with Gasteiger partial charge in [-0.2, -0.15) is 5.10 Å². The van der Waals surface area contributed by atoms with Crippen LogP contribution in [-0.4, -0.2) is 44.5 Å². The molecule has 2 aromatic heterocycles. The molecule has 30 heavy (non-hydrogen) atoms. The van der Waals surface area contributed by atoms with Crippen molar-refractivity contribution in [2.75, 3.05) is 14.2 Å². The van der Waals surface area contributed by atoms with Gasteiger partial charge in [0.2, 0.25) is 0 Å². The molecule has 0 bridgehead atoms. The molecule has 11 heteroatoms. The SMILES string of the molecule is COc1ccc(/C(C)=N/NC(=O)Cn2cnc3c2c(=O)n(C)c(=O)n3C)cc1OC. The van der Waals surface area contributed by atoms with Crippen molar-refractivity contribution < 1.29 is 14.3 Å². The van der Waals surface area contributed by atoms with Crippen molar-refractivity contribution in [1.29, 1.82) is 0 Å². The lowest BCUT2D eigenvalue weighted by Gasteiger charge is -2.09. The lowest BCUT2D eigenvalue weighted by molar-refractivity contribution is -0.121. The normalized spacial score (nSPS) is 11.6. The van der Waals surface area contributed by atoms with Crippen molar-refractivity contribution >= 4 is 22.8 Å². The van der Waals surface area contributed by atoms with Gasteiger partial charge in [0, 0.05) is 19.7 Å². The van der Waals surface area contributed by atoms with E-state index in [2.05, 4.69) is 15.5 Å². The molecule has 0 aliphatic heterocycles.